The molecule has 7 nitrogen and oxygen atoms in total. The number of carbonyl (C=O) groups excluding carboxylic acids is 1. The van der Waals surface area contributed by atoms with Crippen LogP contribution in [0.5, 0.6) is 5.75 Å². The van der Waals surface area contributed by atoms with Crippen LogP contribution in [0.25, 0.3) is 0 Å². The second-order valence-corrected chi connectivity index (χ2v) is 9.31. The second-order valence-electron chi connectivity index (χ2n) is 7.39. The maximum Gasteiger partial charge on any atom is 0.282 e. The molecule has 2 saturated heterocycles. The van der Waals surface area contributed by atoms with E-state index in [1.807, 2.05) is 19.1 Å². The molecule has 0 atom stereocenters. The Hall–Kier alpha value is -1.64. The molecule has 0 unspecified atom stereocenters. The lowest BCUT2D eigenvalue weighted by Gasteiger charge is -2.31. The number of carbonyl (C=O) groups is 1. The van der Waals surface area contributed by atoms with Crippen LogP contribution >= 0.6 is 0 Å². The monoisotopic (exact) mass is 409 g/mol. The van der Waals surface area contributed by atoms with Crippen LogP contribution in [0.2, 0.25) is 0 Å². The Balaban J connectivity index is 1.60. The molecule has 0 aromatic heterocycles. The highest BCUT2D eigenvalue weighted by Gasteiger charge is 2.32. The van der Waals surface area contributed by atoms with Gasteiger partial charge < -0.3 is 9.64 Å². The van der Waals surface area contributed by atoms with Crippen molar-refractivity contribution in [1.29, 1.82) is 0 Å². The average molecular weight is 410 g/mol. The van der Waals surface area contributed by atoms with E-state index in [1.54, 1.807) is 25.6 Å². The van der Waals surface area contributed by atoms with E-state index in [0.717, 1.165) is 31.4 Å². The van der Waals surface area contributed by atoms with Crippen molar-refractivity contribution in [2.75, 3.05) is 45.9 Å². The summed E-state index contributed by atoms with van der Waals surface area (Å²) in [6, 6.07) is 7.18. The zero-order chi connectivity index (χ0) is 20.0. The van der Waals surface area contributed by atoms with Gasteiger partial charge in [0.05, 0.1) is 6.61 Å². The summed E-state index contributed by atoms with van der Waals surface area (Å²) in [6.07, 6.45) is 4.53. The maximum atomic E-state index is 12.9. The van der Waals surface area contributed by atoms with Gasteiger partial charge in [-0.25, -0.2) is 0 Å². The first-order valence-electron chi connectivity index (χ1n) is 10.3. The fraction of sp³-hybridized carbons (Fsp3) is 0.650. The lowest BCUT2D eigenvalue weighted by molar-refractivity contribution is 0.0764. The van der Waals surface area contributed by atoms with Gasteiger partial charge in [0.1, 0.15) is 5.75 Å². The van der Waals surface area contributed by atoms with Crippen molar-refractivity contribution < 1.29 is 17.9 Å². The predicted molar refractivity (Wildman–Crippen MR) is 109 cm³/mol. The molecular formula is C20H31N3O4S. The van der Waals surface area contributed by atoms with Crippen LogP contribution in [-0.2, 0) is 10.2 Å². The van der Waals surface area contributed by atoms with Gasteiger partial charge in [-0.05, 0) is 49.9 Å². The van der Waals surface area contributed by atoms with Gasteiger partial charge in [0.25, 0.3) is 16.1 Å². The van der Waals surface area contributed by atoms with E-state index in [1.165, 1.54) is 0 Å². The number of piperidine rings is 1. The molecule has 0 bridgehead atoms. The number of nitrogens with zero attached hydrogens (tertiary/aromatic N) is 3. The summed E-state index contributed by atoms with van der Waals surface area (Å²) in [4.78, 5) is 14.6. The van der Waals surface area contributed by atoms with Crippen molar-refractivity contribution >= 4 is 16.1 Å². The Morgan fingerprint density at radius 3 is 2.21 bits per heavy atom. The van der Waals surface area contributed by atoms with Gasteiger partial charge in [0.15, 0.2) is 0 Å². The molecule has 0 N–H and O–H groups in total. The number of ether oxygens (including phenoxy) is 1. The van der Waals surface area contributed by atoms with Crippen LogP contribution in [0.1, 0.15) is 49.4 Å². The highest BCUT2D eigenvalue weighted by atomic mass is 32.2. The van der Waals surface area contributed by atoms with Crippen molar-refractivity contribution in [2.24, 2.45) is 0 Å². The summed E-state index contributed by atoms with van der Waals surface area (Å²) < 4.78 is 34.5. The van der Waals surface area contributed by atoms with E-state index in [0.29, 0.717) is 57.9 Å². The van der Waals surface area contributed by atoms with E-state index in [9.17, 15) is 13.2 Å². The quantitative estimate of drug-likeness (QED) is 0.723. The summed E-state index contributed by atoms with van der Waals surface area (Å²) in [5, 5.41) is 0. The van der Waals surface area contributed by atoms with Crippen molar-refractivity contribution in [3.05, 3.63) is 29.8 Å². The zero-order valence-electron chi connectivity index (χ0n) is 16.7. The third-order valence-corrected chi connectivity index (χ3v) is 7.32. The fourth-order valence-corrected chi connectivity index (χ4v) is 5.40. The normalized spacial score (nSPS) is 20.0. The van der Waals surface area contributed by atoms with Crippen LogP contribution in [0.3, 0.4) is 0 Å². The van der Waals surface area contributed by atoms with E-state index in [-0.39, 0.29) is 5.91 Å². The summed E-state index contributed by atoms with van der Waals surface area (Å²) in [5.41, 5.74) is 0.608. The molecule has 1 amide bonds. The topological polar surface area (TPSA) is 70.2 Å². The minimum atomic E-state index is -3.42. The number of hydrogen-bond donors (Lipinski definition) is 0. The lowest BCUT2D eigenvalue weighted by Crippen LogP contribution is -2.47. The third kappa shape index (κ3) is 5.04. The molecule has 1 aromatic rings. The van der Waals surface area contributed by atoms with E-state index in [4.69, 9.17) is 4.74 Å². The first kappa shape index (κ1) is 21.1. The Morgan fingerprint density at radius 1 is 0.893 bits per heavy atom. The smallest absolute Gasteiger partial charge is 0.282 e. The van der Waals surface area contributed by atoms with Gasteiger partial charge in [-0.15, -0.1) is 0 Å². The summed E-state index contributed by atoms with van der Waals surface area (Å²) in [7, 11) is -3.42. The number of amides is 1. The molecular weight excluding hydrogens is 378 g/mol. The van der Waals surface area contributed by atoms with Crippen molar-refractivity contribution in [2.45, 2.75) is 39.0 Å². The Morgan fingerprint density at radius 2 is 1.54 bits per heavy atom. The van der Waals surface area contributed by atoms with Gasteiger partial charge >= 0.3 is 0 Å². The molecule has 2 heterocycles. The van der Waals surface area contributed by atoms with E-state index < -0.39 is 10.2 Å². The van der Waals surface area contributed by atoms with Crippen LogP contribution in [0, 0.1) is 0 Å². The van der Waals surface area contributed by atoms with Gasteiger partial charge in [0, 0.05) is 44.8 Å². The Kier molecular flexibility index (Phi) is 7.31. The van der Waals surface area contributed by atoms with Gasteiger partial charge in [-0.3, -0.25) is 4.79 Å². The first-order valence-corrected chi connectivity index (χ1v) is 11.7. The van der Waals surface area contributed by atoms with Crippen molar-refractivity contribution in [1.82, 2.24) is 13.5 Å². The van der Waals surface area contributed by atoms with E-state index in [2.05, 4.69) is 0 Å². The minimum Gasteiger partial charge on any atom is -0.494 e. The van der Waals surface area contributed by atoms with Gasteiger partial charge in [-0.1, -0.05) is 13.3 Å². The average Bonchev–Trinajstić information content (AvgIpc) is 2.99. The number of hydrogen-bond acceptors (Lipinski definition) is 4. The lowest BCUT2D eigenvalue weighted by atomic mass is 10.2. The Bertz CT molecular complexity index is 745. The minimum absolute atomic E-state index is 0.0562. The second kappa shape index (κ2) is 9.71. The molecule has 0 saturated carbocycles. The molecule has 1 aromatic carbocycles. The maximum absolute atomic E-state index is 12.9. The summed E-state index contributed by atoms with van der Waals surface area (Å²) >= 11 is 0. The molecule has 0 aliphatic carbocycles. The highest BCUT2D eigenvalue weighted by Crippen LogP contribution is 2.19. The number of benzene rings is 1. The fourth-order valence-electron chi connectivity index (χ4n) is 3.68. The highest BCUT2D eigenvalue weighted by molar-refractivity contribution is 7.86. The third-order valence-electron chi connectivity index (χ3n) is 5.28. The Labute approximate surface area is 168 Å². The van der Waals surface area contributed by atoms with Crippen LogP contribution in [0.15, 0.2) is 24.3 Å². The van der Waals surface area contributed by atoms with Gasteiger partial charge in [-0.2, -0.15) is 17.0 Å². The first-order chi connectivity index (χ1) is 13.5. The SMILES string of the molecule is CCCOc1ccc(C(=O)N2CCCN(S(=O)(=O)N3CCCCC3)CC2)cc1. The van der Waals surface area contributed by atoms with Crippen LogP contribution in [0.4, 0.5) is 0 Å². The molecule has 0 radical (unpaired) electrons. The molecule has 28 heavy (non-hydrogen) atoms. The standard InChI is InChI=1S/C20H31N3O4S/c1-2-17-27-19-9-7-18(8-10-19)20(24)21-11-6-14-23(16-15-21)28(25,26)22-12-4-3-5-13-22/h7-10H,2-6,11-17H2,1H3. The predicted octanol–water partition coefficient (Wildman–Crippen LogP) is 2.35. The molecule has 0 spiro atoms. The molecule has 3 rings (SSSR count). The molecule has 2 aliphatic rings. The molecule has 2 aliphatic heterocycles. The van der Waals surface area contributed by atoms with Crippen LogP contribution < -0.4 is 4.74 Å². The van der Waals surface area contributed by atoms with Gasteiger partial charge in [0.2, 0.25) is 0 Å². The summed E-state index contributed by atoms with van der Waals surface area (Å²) in [5.74, 6) is 0.701. The van der Waals surface area contributed by atoms with Crippen molar-refractivity contribution in [3.63, 3.8) is 0 Å². The molecule has 156 valence electrons. The van der Waals surface area contributed by atoms with Crippen molar-refractivity contribution in [3.8, 4) is 5.75 Å². The van der Waals surface area contributed by atoms with E-state index >= 15 is 0 Å². The molecule has 8 heteroatoms. The molecule has 2 fully saturated rings. The zero-order valence-corrected chi connectivity index (χ0v) is 17.5. The largest absolute Gasteiger partial charge is 0.494 e. The number of rotatable bonds is 6. The van der Waals surface area contributed by atoms with Crippen LogP contribution in [-0.4, -0.2) is 73.7 Å². The summed E-state index contributed by atoms with van der Waals surface area (Å²) in [6.45, 7) is 5.71.